The van der Waals surface area contributed by atoms with Crippen LogP contribution in [0.5, 0.6) is 5.75 Å². The molecule has 2 heterocycles. The molecular formula is C28H30N2O5S. The fourth-order valence-electron chi connectivity index (χ4n) is 4.96. The highest BCUT2D eigenvalue weighted by Gasteiger charge is 2.39. The molecular weight excluding hydrogens is 476 g/mol. The molecule has 3 aromatic carbocycles. The molecule has 3 aromatic rings. The van der Waals surface area contributed by atoms with Crippen molar-refractivity contribution in [3.8, 4) is 5.75 Å². The van der Waals surface area contributed by atoms with Gasteiger partial charge in [-0.2, -0.15) is 0 Å². The molecule has 1 fully saturated rings. The van der Waals surface area contributed by atoms with Gasteiger partial charge in [-0.15, -0.1) is 0 Å². The highest BCUT2D eigenvalue weighted by atomic mass is 32.2. The number of benzene rings is 3. The zero-order chi connectivity index (χ0) is 25.0. The molecule has 0 unspecified atom stereocenters. The summed E-state index contributed by atoms with van der Waals surface area (Å²) in [7, 11) is -3.75. The lowest BCUT2D eigenvalue weighted by atomic mass is 9.74. The molecule has 0 aromatic heterocycles. The van der Waals surface area contributed by atoms with Gasteiger partial charge in [0.1, 0.15) is 5.75 Å². The van der Waals surface area contributed by atoms with Crippen molar-refractivity contribution in [2.75, 3.05) is 30.6 Å². The SMILES string of the molecule is O=C(NCC1(c2ccccc2)CCOCC1)[C@H]1CN(S(=O)(=O)Cc2ccccc2)c2ccccc2O1. The molecule has 2 aliphatic heterocycles. The number of ether oxygens (including phenoxy) is 2. The summed E-state index contributed by atoms with van der Waals surface area (Å²) in [5, 5.41) is 3.07. The van der Waals surface area contributed by atoms with Crippen LogP contribution in [-0.2, 0) is 30.7 Å². The minimum atomic E-state index is -3.75. The van der Waals surface area contributed by atoms with Crippen LogP contribution in [0.25, 0.3) is 0 Å². The topological polar surface area (TPSA) is 84.9 Å². The Morgan fingerprint density at radius 2 is 1.56 bits per heavy atom. The van der Waals surface area contributed by atoms with Crippen LogP contribution in [-0.4, -0.2) is 46.7 Å². The first-order chi connectivity index (χ1) is 17.5. The number of carbonyl (C=O) groups is 1. The number of nitrogens with one attached hydrogen (secondary N) is 1. The van der Waals surface area contributed by atoms with Gasteiger partial charge in [-0.3, -0.25) is 9.10 Å². The normalized spacial score (nSPS) is 19.1. The van der Waals surface area contributed by atoms with Gasteiger partial charge in [0.25, 0.3) is 5.91 Å². The Bertz CT molecular complexity index is 1290. The molecule has 0 aliphatic carbocycles. The van der Waals surface area contributed by atoms with Crippen molar-refractivity contribution < 1.29 is 22.7 Å². The van der Waals surface area contributed by atoms with Crippen molar-refractivity contribution in [3.63, 3.8) is 0 Å². The summed E-state index contributed by atoms with van der Waals surface area (Å²) in [4.78, 5) is 13.4. The number of anilines is 1. The van der Waals surface area contributed by atoms with Crippen LogP contribution in [0.15, 0.2) is 84.9 Å². The summed E-state index contributed by atoms with van der Waals surface area (Å²) in [6.07, 6.45) is 0.630. The molecule has 2 aliphatic rings. The van der Waals surface area contributed by atoms with Crippen LogP contribution in [0, 0.1) is 0 Å². The van der Waals surface area contributed by atoms with Gasteiger partial charge in [0.2, 0.25) is 10.0 Å². The van der Waals surface area contributed by atoms with E-state index in [0.717, 1.165) is 18.4 Å². The average Bonchev–Trinajstić information content (AvgIpc) is 2.92. The van der Waals surface area contributed by atoms with Crippen LogP contribution >= 0.6 is 0 Å². The Hall–Kier alpha value is -3.36. The van der Waals surface area contributed by atoms with Crippen molar-refractivity contribution in [2.24, 2.45) is 0 Å². The summed E-state index contributed by atoms with van der Waals surface area (Å²) in [6, 6.07) is 26.1. The second kappa shape index (κ2) is 10.3. The Morgan fingerprint density at radius 1 is 0.917 bits per heavy atom. The molecule has 7 nitrogen and oxygen atoms in total. The van der Waals surface area contributed by atoms with E-state index in [1.54, 1.807) is 36.4 Å². The predicted octanol–water partition coefficient (Wildman–Crippen LogP) is 3.65. The molecule has 1 saturated heterocycles. The molecule has 1 N–H and O–H groups in total. The third-order valence-electron chi connectivity index (χ3n) is 6.99. The van der Waals surface area contributed by atoms with Gasteiger partial charge >= 0.3 is 0 Å². The van der Waals surface area contributed by atoms with Gasteiger partial charge in [-0.25, -0.2) is 8.42 Å². The van der Waals surface area contributed by atoms with E-state index < -0.39 is 16.1 Å². The summed E-state index contributed by atoms with van der Waals surface area (Å²) in [5.41, 5.74) is 2.06. The maximum absolute atomic E-state index is 13.5. The zero-order valence-electron chi connectivity index (χ0n) is 20.0. The standard InChI is InChI=1S/C28H30N2O5S/c31-27(29-21-28(15-17-34-18-16-28)23-11-5-2-6-12-23)26-19-30(24-13-7-8-14-25(24)35-26)36(32,33)20-22-9-3-1-4-10-22/h1-14,26H,15-21H2,(H,29,31)/t26-/m1/s1. The van der Waals surface area contributed by atoms with E-state index in [1.807, 2.05) is 36.4 Å². The highest BCUT2D eigenvalue weighted by Crippen LogP contribution is 2.37. The maximum Gasteiger partial charge on any atom is 0.263 e. The number of hydrogen-bond donors (Lipinski definition) is 1. The average molecular weight is 507 g/mol. The van der Waals surface area contributed by atoms with E-state index in [2.05, 4.69) is 17.4 Å². The van der Waals surface area contributed by atoms with E-state index in [1.165, 1.54) is 4.31 Å². The Labute approximate surface area is 212 Å². The van der Waals surface area contributed by atoms with Gasteiger partial charge in [0, 0.05) is 25.2 Å². The van der Waals surface area contributed by atoms with Crippen molar-refractivity contribution in [2.45, 2.75) is 30.1 Å². The summed E-state index contributed by atoms with van der Waals surface area (Å²) >= 11 is 0. The summed E-state index contributed by atoms with van der Waals surface area (Å²) in [5.74, 6) is -0.108. The Kier molecular flexibility index (Phi) is 6.98. The van der Waals surface area contributed by atoms with Crippen molar-refractivity contribution >= 4 is 21.6 Å². The Balaban J connectivity index is 1.36. The molecule has 0 radical (unpaired) electrons. The molecule has 0 spiro atoms. The minimum Gasteiger partial charge on any atom is -0.476 e. The van der Waals surface area contributed by atoms with Crippen LogP contribution in [0.1, 0.15) is 24.0 Å². The molecule has 36 heavy (non-hydrogen) atoms. The van der Waals surface area contributed by atoms with Crippen LogP contribution in [0.3, 0.4) is 0 Å². The first-order valence-electron chi connectivity index (χ1n) is 12.2. The first kappa shape index (κ1) is 24.3. The predicted molar refractivity (Wildman–Crippen MR) is 138 cm³/mol. The summed E-state index contributed by atoms with van der Waals surface area (Å²) in [6.45, 7) is 1.60. The van der Waals surface area contributed by atoms with E-state index in [-0.39, 0.29) is 23.6 Å². The smallest absolute Gasteiger partial charge is 0.263 e. The summed E-state index contributed by atoms with van der Waals surface area (Å²) < 4.78 is 39.8. The molecule has 8 heteroatoms. The fourth-order valence-corrected chi connectivity index (χ4v) is 6.54. The number of sulfonamides is 1. The third kappa shape index (κ3) is 5.10. The van der Waals surface area contributed by atoms with E-state index in [9.17, 15) is 13.2 Å². The number of nitrogens with zero attached hydrogens (tertiary/aromatic N) is 1. The lowest BCUT2D eigenvalue weighted by molar-refractivity contribution is -0.128. The van der Waals surface area contributed by atoms with E-state index in [4.69, 9.17) is 9.47 Å². The van der Waals surface area contributed by atoms with E-state index in [0.29, 0.717) is 36.8 Å². The minimum absolute atomic E-state index is 0.0839. The van der Waals surface area contributed by atoms with Gasteiger partial charge in [0.05, 0.1) is 18.0 Å². The molecule has 5 rings (SSSR count). The molecule has 188 valence electrons. The van der Waals surface area contributed by atoms with Crippen molar-refractivity contribution in [1.29, 1.82) is 0 Å². The lowest BCUT2D eigenvalue weighted by Crippen LogP contribution is -2.53. The number of hydrogen-bond acceptors (Lipinski definition) is 5. The number of carbonyl (C=O) groups excluding carboxylic acids is 1. The largest absolute Gasteiger partial charge is 0.476 e. The zero-order valence-corrected chi connectivity index (χ0v) is 20.8. The highest BCUT2D eigenvalue weighted by molar-refractivity contribution is 7.92. The van der Waals surface area contributed by atoms with Crippen LogP contribution in [0.2, 0.25) is 0 Å². The second-order valence-electron chi connectivity index (χ2n) is 9.32. The van der Waals surface area contributed by atoms with E-state index >= 15 is 0 Å². The van der Waals surface area contributed by atoms with Gasteiger partial charge in [-0.05, 0) is 36.1 Å². The first-order valence-corrected chi connectivity index (χ1v) is 13.8. The molecule has 0 bridgehead atoms. The molecule has 1 amide bonds. The number of para-hydroxylation sites is 2. The monoisotopic (exact) mass is 506 g/mol. The fraction of sp³-hybridized carbons (Fsp3) is 0.321. The molecule has 1 atom stereocenters. The molecule has 0 saturated carbocycles. The van der Waals surface area contributed by atoms with Crippen LogP contribution < -0.4 is 14.4 Å². The number of rotatable bonds is 7. The van der Waals surface area contributed by atoms with Gasteiger partial charge in [0.15, 0.2) is 6.10 Å². The van der Waals surface area contributed by atoms with Gasteiger partial charge in [-0.1, -0.05) is 72.8 Å². The quantitative estimate of drug-likeness (QED) is 0.529. The van der Waals surface area contributed by atoms with Crippen molar-refractivity contribution in [1.82, 2.24) is 5.32 Å². The van der Waals surface area contributed by atoms with Crippen molar-refractivity contribution in [3.05, 3.63) is 96.1 Å². The third-order valence-corrected chi connectivity index (χ3v) is 8.71. The Morgan fingerprint density at radius 3 is 2.28 bits per heavy atom. The number of amides is 1. The van der Waals surface area contributed by atoms with Crippen LogP contribution in [0.4, 0.5) is 5.69 Å². The number of fused-ring (bicyclic) bond motifs is 1. The second-order valence-corrected chi connectivity index (χ2v) is 11.2. The maximum atomic E-state index is 13.5. The lowest BCUT2D eigenvalue weighted by Gasteiger charge is -2.39. The van der Waals surface area contributed by atoms with Gasteiger partial charge < -0.3 is 14.8 Å².